The molecule has 0 bridgehead atoms. The highest BCUT2D eigenvalue weighted by Crippen LogP contribution is 2.36. The Morgan fingerprint density at radius 3 is 2.16 bits per heavy atom. The summed E-state index contributed by atoms with van der Waals surface area (Å²) in [7, 11) is -3.32. The Balaban J connectivity index is 1.87. The first-order chi connectivity index (χ1) is 23.3. The van der Waals surface area contributed by atoms with Crippen LogP contribution in [0.25, 0.3) is 0 Å². The van der Waals surface area contributed by atoms with Crippen LogP contribution < -0.4 is 14.4 Å². The Morgan fingerprint density at radius 2 is 1.57 bits per heavy atom. The third kappa shape index (κ3) is 9.36. The lowest BCUT2D eigenvalue weighted by molar-refractivity contribution is -0.385. The molecule has 4 aromatic rings. The fourth-order valence-electron chi connectivity index (χ4n) is 5.20. The van der Waals surface area contributed by atoms with E-state index in [0.29, 0.717) is 6.54 Å². The molecule has 0 spiro atoms. The number of nitro benzene ring substituents is 1. The first-order valence-electron chi connectivity index (χ1n) is 15.6. The van der Waals surface area contributed by atoms with Crippen molar-refractivity contribution in [3.8, 4) is 5.75 Å². The Kier molecular flexibility index (Phi) is 12.4. The molecule has 0 aliphatic carbocycles. The third-order valence-corrected chi connectivity index (χ3v) is 9.80. The second kappa shape index (κ2) is 16.4. The number of rotatable bonds is 15. The number of nitrogens with zero attached hydrogens (tertiary/aromatic N) is 3. The van der Waals surface area contributed by atoms with Gasteiger partial charge in [-0.2, -0.15) is 0 Å². The van der Waals surface area contributed by atoms with Crippen molar-refractivity contribution in [1.82, 2.24) is 10.2 Å². The average molecular weight is 707 g/mol. The van der Waals surface area contributed by atoms with Crippen LogP contribution in [0.4, 0.5) is 11.4 Å². The summed E-state index contributed by atoms with van der Waals surface area (Å²) in [6, 6.07) is 25.1. The van der Waals surface area contributed by atoms with Crippen LogP contribution in [0.2, 0.25) is 5.02 Å². The number of aryl methyl sites for hydroxylation is 1. The lowest BCUT2D eigenvalue weighted by Gasteiger charge is -2.34. The number of methoxy groups -OCH3 is 1. The summed E-state index contributed by atoms with van der Waals surface area (Å²) in [4.78, 5) is 40.6. The van der Waals surface area contributed by atoms with E-state index in [2.05, 4.69) is 5.32 Å². The van der Waals surface area contributed by atoms with Crippen molar-refractivity contribution < 1.29 is 27.7 Å². The number of carbonyl (C=O) groups is 2. The summed E-state index contributed by atoms with van der Waals surface area (Å²) in [5.74, 6) is -0.871. The normalized spacial score (nSPS) is 11.9. The van der Waals surface area contributed by atoms with Crippen LogP contribution in [-0.4, -0.2) is 56.3 Å². The lowest BCUT2D eigenvalue weighted by atomic mass is 10.0. The van der Waals surface area contributed by atoms with Gasteiger partial charge in [0, 0.05) is 36.2 Å². The molecule has 11 nitrogen and oxygen atoms in total. The average Bonchev–Trinajstić information content (AvgIpc) is 3.08. The molecule has 258 valence electrons. The molecule has 2 amide bonds. The van der Waals surface area contributed by atoms with Gasteiger partial charge in [0.1, 0.15) is 18.3 Å². The van der Waals surface area contributed by atoms with Gasteiger partial charge in [-0.15, -0.1) is 0 Å². The summed E-state index contributed by atoms with van der Waals surface area (Å²) in [5.41, 5.74) is 1.31. The minimum atomic E-state index is -4.66. The van der Waals surface area contributed by atoms with Crippen molar-refractivity contribution >= 4 is 44.8 Å². The van der Waals surface area contributed by atoms with Crippen LogP contribution in [0.3, 0.4) is 0 Å². The van der Waals surface area contributed by atoms with Crippen molar-refractivity contribution in [2.75, 3.05) is 24.5 Å². The molecule has 1 atom stereocenters. The monoisotopic (exact) mass is 706 g/mol. The molecular weight excluding hydrogens is 668 g/mol. The largest absolute Gasteiger partial charge is 0.495 e. The summed E-state index contributed by atoms with van der Waals surface area (Å²) in [5, 5.41) is 14.9. The number of benzene rings is 4. The molecule has 0 aliphatic rings. The second-order valence-corrected chi connectivity index (χ2v) is 14.2. The first-order valence-corrected chi connectivity index (χ1v) is 17.4. The SMILES string of the molecule is COc1ccc(Cl)cc1N(CC(=O)N(Cc1ccccc1)[C@@H](Cc1ccccc1)C(=O)NCC(C)C)S(=O)(=O)c1ccc(C)c([N+](=O)[O-])c1. The van der Waals surface area contributed by atoms with Gasteiger partial charge in [-0.25, -0.2) is 8.42 Å². The van der Waals surface area contributed by atoms with Gasteiger partial charge >= 0.3 is 0 Å². The van der Waals surface area contributed by atoms with Gasteiger partial charge in [0.15, 0.2) is 0 Å². The number of anilines is 1. The highest BCUT2D eigenvalue weighted by Gasteiger charge is 2.36. The maximum atomic E-state index is 14.7. The molecule has 1 N–H and O–H groups in total. The summed E-state index contributed by atoms with van der Waals surface area (Å²) >= 11 is 6.34. The molecule has 49 heavy (non-hydrogen) atoms. The zero-order chi connectivity index (χ0) is 35.7. The zero-order valence-corrected chi connectivity index (χ0v) is 29.3. The summed E-state index contributed by atoms with van der Waals surface area (Å²) in [6.45, 7) is 4.98. The Morgan fingerprint density at radius 1 is 0.939 bits per heavy atom. The molecule has 0 unspecified atom stereocenters. The van der Waals surface area contributed by atoms with Crippen molar-refractivity contribution in [3.05, 3.63) is 129 Å². The van der Waals surface area contributed by atoms with Crippen LogP contribution in [0.15, 0.2) is 102 Å². The smallest absolute Gasteiger partial charge is 0.273 e. The highest BCUT2D eigenvalue weighted by molar-refractivity contribution is 7.92. The molecule has 13 heteroatoms. The highest BCUT2D eigenvalue weighted by atomic mass is 35.5. The maximum Gasteiger partial charge on any atom is 0.273 e. The standard InChI is InChI=1S/C36H39ClN4O7S/c1-25(2)22-38-36(43)33(19-27-11-7-5-8-12-27)39(23-28-13-9-6-10-14-28)35(42)24-40(32-20-29(37)16-18-34(32)48-4)49(46,47)30-17-15-26(3)31(21-30)41(44)45/h5-18,20-21,25,33H,19,22-24H2,1-4H3,(H,38,43)/t33-/m0/s1. The Labute approximate surface area is 291 Å². The lowest BCUT2D eigenvalue weighted by Crippen LogP contribution is -2.53. The third-order valence-electron chi connectivity index (χ3n) is 7.81. The van der Waals surface area contributed by atoms with E-state index in [1.54, 1.807) is 12.1 Å². The van der Waals surface area contributed by atoms with Crippen LogP contribution >= 0.6 is 11.6 Å². The minimum Gasteiger partial charge on any atom is -0.495 e. The summed E-state index contributed by atoms with van der Waals surface area (Å²) in [6.07, 6.45) is 0.154. The van der Waals surface area contributed by atoms with Gasteiger partial charge in [-0.1, -0.05) is 92.2 Å². The van der Waals surface area contributed by atoms with Gasteiger partial charge in [0.2, 0.25) is 11.8 Å². The van der Waals surface area contributed by atoms with E-state index in [9.17, 15) is 28.1 Å². The van der Waals surface area contributed by atoms with Gasteiger partial charge < -0.3 is 15.0 Å². The molecular formula is C36H39ClN4O7S. The number of amides is 2. The van der Waals surface area contributed by atoms with Crippen molar-refractivity contribution in [2.45, 2.75) is 44.7 Å². The zero-order valence-electron chi connectivity index (χ0n) is 27.7. The number of nitrogens with one attached hydrogen (secondary N) is 1. The van der Waals surface area contributed by atoms with E-state index in [1.807, 2.05) is 62.4 Å². The van der Waals surface area contributed by atoms with E-state index < -0.39 is 49.9 Å². The van der Waals surface area contributed by atoms with Crippen LogP contribution in [0.1, 0.15) is 30.5 Å². The number of hydrogen-bond donors (Lipinski definition) is 1. The van der Waals surface area contributed by atoms with Gasteiger partial charge in [-0.05, 0) is 48.2 Å². The summed E-state index contributed by atoms with van der Waals surface area (Å²) < 4.78 is 35.2. The fourth-order valence-corrected chi connectivity index (χ4v) is 6.80. The van der Waals surface area contributed by atoms with Crippen LogP contribution in [-0.2, 0) is 32.6 Å². The molecule has 0 saturated heterocycles. The van der Waals surface area contributed by atoms with Crippen LogP contribution in [0.5, 0.6) is 5.75 Å². The predicted molar refractivity (Wildman–Crippen MR) is 189 cm³/mol. The predicted octanol–water partition coefficient (Wildman–Crippen LogP) is 6.17. The second-order valence-electron chi connectivity index (χ2n) is 11.9. The Hall–Kier alpha value is -4.94. The number of halogens is 1. The molecule has 0 radical (unpaired) electrons. The minimum absolute atomic E-state index is 0.0111. The van der Waals surface area contributed by atoms with Gasteiger partial charge in [-0.3, -0.25) is 24.0 Å². The fraction of sp³-hybridized carbons (Fsp3) is 0.278. The molecule has 0 fully saturated rings. The van der Waals surface area contributed by atoms with Gasteiger partial charge in [0.05, 0.1) is 22.6 Å². The maximum absolute atomic E-state index is 14.7. The van der Waals surface area contributed by atoms with E-state index in [1.165, 1.54) is 49.3 Å². The van der Waals surface area contributed by atoms with Crippen molar-refractivity contribution in [1.29, 1.82) is 0 Å². The molecule has 4 aromatic carbocycles. The number of sulfonamides is 1. The van der Waals surface area contributed by atoms with Crippen molar-refractivity contribution in [2.24, 2.45) is 5.92 Å². The van der Waals surface area contributed by atoms with E-state index >= 15 is 0 Å². The number of ether oxygens (including phenoxy) is 1. The number of nitro groups is 1. The van der Waals surface area contributed by atoms with Crippen LogP contribution in [0, 0.1) is 23.0 Å². The van der Waals surface area contributed by atoms with E-state index in [0.717, 1.165) is 21.5 Å². The Bertz CT molecular complexity index is 1890. The number of hydrogen-bond acceptors (Lipinski definition) is 7. The van der Waals surface area contributed by atoms with E-state index in [-0.39, 0.29) is 40.9 Å². The molecule has 0 saturated carbocycles. The molecule has 0 heterocycles. The molecule has 4 rings (SSSR count). The number of carbonyl (C=O) groups excluding carboxylic acids is 2. The molecule has 0 aliphatic heterocycles. The van der Waals surface area contributed by atoms with E-state index in [4.69, 9.17) is 16.3 Å². The first kappa shape index (κ1) is 36.9. The quantitative estimate of drug-likeness (QED) is 0.115. The topological polar surface area (TPSA) is 139 Å². The van der Waals surface area contributed by atoms with Gasteiger partial charge in [0.25, 0.3) is 15.7 Å². The van der Waals surface area contributed by atoms with Crippen molar-refractivity contribution in [3.63, 3.8) is 0 Å². The molecule has 0 aromatic heterocycles.